The molecule has 3 aliphatic carbocycles. The summed E-state index contributed by atoms with van der Waals surface area (Å²) in [4.78, 5) is 0. The lowest BCUT2D eigenvalue weighted by Gasteiger charge is -2.25. The highest BCUT2D eigenvalue weighted by atomic mass is 127. The van der Waals surface area contributed by atoms with Gasteiger partial charge in [-0.1, -0.05) is 74.5 Å². The van der Waals surface area contributed by atoms with E-state index in [9.17, 15) is 0 Å². The van der Waals surface area contributed by atoms with Gasteiger partial charge in [-0.05, 0) is 80.1 Å². The number of hydrogen-bond acceptors (Lipinski definition) is 0. The van der Waals surface area contributed by atoms with Gasteiger partial charge in [-0.25, -0.2) is 0 Å². The second kappa shape index (κ2) is 5.82. The Bertz CT molecular complexity index is 1040. The monoisotopic (exact) mass is 448 g/mol. The van der Waals surface area contributed by atoms with Crippen LogP contribution in [0.25, 0.3) is 16.7 Å². The van der Waals surface area contributed by atoms with E-state index in [0.717, 1.165) is 6.42 Å². The van der Waals surface area contributed by atoms with E-state index in [1.54, 1.807) is 0 Å². The van der Waals surface area contributed by atoms with Crippen molar-refractivity contribution in [1.82, 2.24) is 0 Å². The molecular formula is C25H21I. The van der Waals surface area contributed by atoms with Crippen LogP contribution in [0.1, 0.15) is 37.0 Å². The normalized spacial score (nSPS) is 22.0. The SMILES string of the molecule is CC1(C)c2ccccc2-c2ccc(C3=CC=C4C=C(I)C=CC4C3)cc21. The molecule has 0 spiro atoms. The standard InChI is InChI=1S/C25H21I/c1-25(2)23-6-4-3-5-21(23)22-12-10-19(15-24(22)25)16-7-8-18-14-20(26)11-9-17(18)13-16/h3-12,14-15,17H,13H2,1-2H3. The van der Waals surface area contributed by atoms with E-state index < -0.39 is 0 Å². The van der Waals surface area contributed by atoms with E-state index in [-0.39, 0.29) is 5.41 Å². The molecule has 0 nitrogen and oxygen atoms in total. The Morgan fingerprint density at radius 2 is 1.77 bits per heavy atom. The van der Waals surface area contributed by atoms with Crippen LogP contribution in [0.3, 0.4) is 0 Å². The van der Waals surface area contributed by atoms with Gasteiger partial charge in [-0.15, -0.1) is 0 Å². The van der Waals surface area contributed by atoms with E-state index in [4.69, 9.17) is 0 Å². The lowest BCUT2D eigenvalue weighted by molar-refractivity contribution is 0.660. The summed E-state index contributed by atoms with van der Waals surface area (Å²) < 4.78 is 1.32. The van der Waals surface area contributed by atoms with Crippen LogP contribution >= 0.6 is 22.6 Å². The van der Waals surface area contributed by atoms with Gasteiger partial charge in [-0.3, -0.25) is 0 Å². The molecule has 2 aromatic carbocycles. The maximum absolute atomic E-state index is 2.44. The van der Waals surface area contributed by atoms with Gasteiger partial charge in [0.15, 0.2) is 0 Å². The van der Waals surface area contributed by atoms with Crippen molar-refractivity contribution in [1.29, 1.82) is 0 Å². The van der Waals surface area contributed by atoms with Crippen LogP contribution < -0.4 is 0 Å². The molecule has 0 aliphatic heterocycles. The molecule has 26 heavy (non-hydrogen) atoms. The molecule has 1 heteroatoms. The van der Waals surface area contributed by atoms with Crippen LogP contribution in [0, 0.1) is 5.92 Å². The fourth-order valence-electron chi connectivity index (χ4n) is 4.61. The molecule has 0 amide bonds. The Labute approximate surface area is 169 Å². The molecule has 0 radical (unpaired) electrons. The number of fused-ring (bicyclic) bond motifs is 4. The molecule has 1 atom stereocenters. The first-order chi connectivity index (χ1) is 12.5. The van der Waals surface area contributed by atoms with Crippen molar-refractivity contribution in [2.24, 2.45) is 5.92 Å². The highest BCUT2D eigenvalue weighted by Crippen LogP contribution is 2.49. The van der Waals surface area contributed by atoms with E-state index in [1.807, 2.05) is 0 Å². The molecule has 5 rings (SSSR count). The summed E-state index contributed by atoms with van der Waals surface area (Å²) in [5.41, 5.74) is 10.0. The second-order valence-corrected chi connectivity index (χ2v) is 9.23. The minimum absolute atomic E-state index is 0.0712. The summed E-state index contributed by atoms with van der Waals surface area (Å²) in [7, 11) is 0. The lowest BCUT2D eigenvalue weighted by atomic mass is 9.79. The highest BCUT2D eigenvalue weighted by Gasteiger charge is 2.35. The fourth-order valence-corrected chi connectivity index (χ4v) is 5.18. The van der Waals surface area contributed by atoms with Crippen LogP contribution in [0.2, 0.25) is 0 Å². The number of rotatable bonds is 1. The summed E-state index contributed by atoms with van der Waals surface area (Å²) in [5, 5.41) is 0. The topological polar surface area (TPSA) is 0 Å². The molecule has 0 aromatic heterocycles. The molecule has 0 fully saturated rings. The zero-order valence-corrected chi connectivity index (χ0v) is 17.2. The van der Waals surface area contributed by atoms with Crippen LogP contribution in [0.5, 0.6) is 0 Å². The van der Waals surface area contributed by atoms with Crippen LogP contribution in [-0.4, -0.2) is 0 Å². The third kappa shape index (κ3) is 2.40. The summed E-state index contributed by atoms with van der Waals surface area (Å²) in [6, 6.07) is 15.9. The van der Waals surface area contributed by atoms with Gasteiger partial charge < -0.3 is 0 Å². The molecule has 2 aromatic rings. The fraction of sp³-hybridized carbons (Fsp3) is 0.200. The molecule has 128 valence electrons. The lowest BCUT2D eigenvalue weighted by Crippen LogP contribution is -2.15. The first kappa shape index (κ1) is 16.3. The third-order valence-electron chi connectivity index (χ3n) is 6.09. The van der Waals surface area contributed by atoms with Gasteiger partial charge in [0.25, 0.3) is 0 Å². The molecule has 0 saturated heterocycles. The van der Waals surface area contributed by atoms with Crippen molar-refractivity contribution < 1.29 is 0 Å². The van der Waals surface area contributed by atoms with E-state index in [1.165, 1.54) is 42.5 Å². The quantitative estimate of drug-likeness (QED) is 0.405. The maximum Gasteiger partial charge on any atom is 0.0159 e. The summed E-state index contributed by atoms with van der Waals surface area (Å²) in [5.74, 6) is 0.520. The molecule has 0 bridgehead atoms. The van der Waals surface area contributed by atoms with Crippen LogP contribution in [0.15, 0.2) is 82.0 Å². The average molecular weight is 448 g/mol. The minimum atomic E-state index is 0.0712. The summed E-state index contributed by atoms with van der Waals surface area (Å²) in [6.45, 7) is 4.70. The Morgan fingerprint density at radius 3 is 2.65 bits per heavy atom. The molecule has 0 saturated carbocycles. The molecule has 0 heterocycles. The van der Waals surface area contributed by atoms with Gasteiger partial charge >= 0.3 is 0 Å². The third-order valence-corrected chi connectivity index (χ3v) is 6.76. The van der Waals surface area contributed by atoms with Crippen molar-refractivity contribution in [2.45, 2.75) is 25.7 Å². The van der Waals surface area contributed by atoms with Crippen LogP contribution in [-0.2, 0) is 5.41 Å². The maximum atomic E-state index is 2.44. The predicted molar refractivity (Wildman–Crippen MR) is 119 cm³/mol. The largest absolute Gasteiger partial charge is 0.0756 e. The number of halogens is 1. The zero-order valence-electron chi connectivity index (χ0n) is 15.1. The molecule has 3 aliphatic rings. The Morgan fingerprint density at radius 1 is 0.962 bits per heavy atom. The van der Waals surface area contributed by atoms with Crippen molar-refractivity contribution >= 4 is 28.2 Å². The number of allylic oxidation sites excluding steroid dienone is 8. The van der Waals surface area contributed by atoms with Crippen molar-refractivity contribution in [3.63, 3.8) is 0 Å². The van der Waals surface area contributed by atoms with Crippen LogP contribution in [0.4, 0.5) is 0 Å². The first-order valence-electron chi connectivity index (χ1n) is 9.25. The smallest absolute Gasteiger partial charge is 0.0159 e. The van der Waals surface area contributed by atoms with Gasteiger partial charge in [0.1, 0.15) is 0 Å². The average Bonchev–Trinajstić information content (AvgIpc) is 2.89. The van der Waals surface area contributed by atoms with Gasteiger partial charge in [0.05, 0.1) is 0 Å². The summed E-state index contributed by atoms with van der Waals surface area (Å²) in [6.07, 6.45) is 12.6. The number of benzene rings is 2. The first-order valence-corrected chi connectivity index (χ1v) is 10.3. The molecular weight excluding hydrogens is 427 g/mol. The van der Waals surface area contributed by atoms with E-state index >= 15 is 0 Å². The van der Waals surface area contributed by atoms with Crippen molar-refractivity contribution in [2.75, 3.05) is 0 Å². The highest BCUT2D eigenvalue weighted by molar-refractivity contribution is 14.1. The van der Waals surface area contributed by atoms with Crippen molar-refractivity contribution in [3.05, 3.63) is 98.7 Å². The zero-order chi connectivity index (χ0) is 17.9. The minimum Gasteiger partial charge on any atom is -0.0756 e. The Hall–Kier alpha value is -1.87. The Kier molecular flexibility index (Phi) is 3.65. The Balaban J connectivity index is 1.58. The second-order valence-electron chi connectivity index (χ2n) is 7.99. The summed E-state index contributed by atoms with van der Waals surface area (Å²) >= 11 is 2.40. The van der Waals surface area contributed by atoms with Gasteiger partial charge in [-0.2, -0.15) is 0 Å². The van der Waals surface area contributed by atoms with Crippen molar-refractivity contribution in [3.8, 4) is 11.1 Å². The van der Waals surface area contributed by atoms with Gasteiger partial charge in [0, 0.05) is 14.9 Å². The molecule has 0 N–H and O–H groups in total. The van der Waals surface area contributed by atoms with E-state index in [0.29, 0.717) is 5.92 Å². The predicted octanol–water partition coefficient (Wildman–Crippen LogP) is 7.21. The number of hydrogen-bond donors (Lipinski definition) is 0. The molecule has 1 unspecified atom stereocenters. The van der Waals surface area contributed by atoms with Gasteiger partial charge in [0.2, 0.25) is 0 Å². The van der Waals surface area contributed by atoms with E-state index in [2.05, 4.69) is 109 Å².